The number of aliphatic hydroxyl groups excluding tert-OH is 1. The van der Waals surface area contributed by atoms with Gasteiger partial charge in [-0.3, -0.25) is 4.39 Å². The van der Waals surface area contributed by atoms with E-state index in [9.17, 15) is 4.39 Å². The number of halogens is 1. The topological polar surface area (TPSA) is 62.0 Å². The number of alkyl halides is 1. The maximum Gasteiger partial charge on any atom is 0.397 e. The SMILES string of the molecule is CCO[PH+](OCC)OCC.CO.FC1C[CH-]C(C2CCCC[N-]2)CC1.[Ir]. The molecule has 0 aromatic rings. The Bertz CT molecular complexity index is 268. The van der Waals surface area contributed by atoms with Gasteiger partial charge in [0, 0.05) is 27.2 Å². The molecule has 3 atom stereocenters. The quantitative estimate of drug-likeness (QED) is 0.347. The molecular weight excluding hydrogens is 536 g/mol. The second-order valence-corrected chi connectivity index (χ2v) is 7.19. The molecule has 8 heteroatoms. The summed E-state index contributed by atoms with van der Waals surface area (Å²) in [6.07, 6.45) is 7.86. The minimum atomic E-state index is -1.40. The van der Waals surface area contributed by atoms with Gasteiger partial charge in [-0.2, -0.15) is 25.5 Å². The summed E-state index contributed by atoms with van der Waals surface area (Å²) in [6.45, 7) is 8.82. The van der Waals surface area contributed by atoms with Crippen molar-refractivity contribution in [2.75, 3.05) is 33.5 Å². The molecule has 0 amide bonds. The molecule has 5 nitrogen and oxygen atoms in total. The van der Waals surface area contributed by atoms with Gasteiger partial charge in [0.2, 0.25) is 0 Å². The molecule has 1 aliphatic carbocycles. The molecule has 2 rings (SSSR count). The summed E-state index contributed by atoms with van der Waals surface area (Å²) in [7, 11) is -0.397. The molecule has 0 aromatic heterocycles. The van der Waals surface area contributed by atoms with Gasteiger partial charge in [0.1, 0.15) is 0 Å². The van der Waals surface area contributed by atoms with Crippen molar-refractivity contribution >= 4 is 8.60 Å². The number of piperidine rings is 1. The minimum Gasteiger partial charge on any atom is -0.661 e. The van der Waals surface area contributed by atoms with E-state index >= 15 is 0 Å². The maximum absolute atomic E-state index is 12.9. The third-order valence-corrected chi connectivity index (χ3v) is 5.63. The third kappa shape index (κ3) is 13.9. The molecule has 0 aromatic carbocycles. The molecule has 26 heavy (non-hydrogen) atoms. The summed E-state index contributed by atoms with van der Waals surface area (Å²) in [5, 5.41) is 11.6. The van der Waals surface area contributed by atoms with Gasteiger partial charge in [-0.25, -0.2) is 0 Å². The van der Waals surface area contributed by atoms with Crippen LogP contribution in [-0.2, 0) is 33.7 Å². The zero-order chi connectivity index (χ0) is 18.9. The Morgan fingerprint density at radius 1 is 1.00 bits per heavy atom. The first kappa shape index (κ1) is 29.0. The number of hydrogen-bond acceptors (Lipinski definition) is 4. The van der Waals surface area contributed by atoms with Gasteiger partial charge < -0.3 is 16.8 Å². The van der Waals surface area contributed by atoms with Crippen molar-refractivity contribution < 1.29 is 43.2 Å². The number of nitrogens with zero attached hydrogens (tertiary/aromatic N) is 1. The molecule has 0 spiro atoms. The van der Waals surface area contributed by atoms with E-state index in [0.29, 0.717) is 38.2 Å². The molecule has 1 radical (unpaired) electrons. The van der Waals surface area contributed by atoms with Crippen LogP contribution in [0.25, 0.3) is 5.32 Å². The van der Waals surface area contributed by atoms with Gasteiger partial charge >= 0.3 is 8.60 Å². The fourth-order valence-electron chi connectivity index (χ4n) is 2.92. The zero-order valence-electron chi connectivity index (χ0n) is 16.7. The van der Waals surface area contributed by atoms with Crippen LogP contribution >= 0.6 is 8.60 Å². The summed E-state index contributed by atoms with van der Waals surface area (Å²) in [6, 6.07) is 0.529. The number of aliphatic hydroxyl groups is 1. The average molecular weight is 575 g/mol. The van der Waals surface area contributed by atoms with Gasteiger partial charge in [0.05, 0.1) is 26.0 Å². The maximum atomic E-state index is 12.9. The van der Waals surface area contributed by atoms with Crippen molar-refractivity contribution in [2.24, 2.45) is 5.92 Å². The summed E-state index contributed by atoms with van der Waals surface area (Å²) in [4.78, 5) is 0. The first-order valence-electron chi connectivity index (χ1n) is 9.55. The Kier molecular flexibility index (Phi) is 22.9. The Balaban J connectivity index is 0. The van der Waals surface area contributed by atoms with Crippen LogP contribution in [0, 0.1) is 12.3 Å². The second kappa shape index (κ2) is 20.5. The van der Waals surface area contributed by atoms with Crippen LogP contribution in [0.3, 0.4) is 0 Å². The molecule has 1 aliphatic heterocycles. The molecule has 1 saturated carbocycles. The average Bonchev–Trinajstić information content (AvgIpc) is 2.66. The van der Waals surface area contributed by atoms with Crippen LogP contribution in [-0.4, -0.2) is 50.8 Å². The van der Waals surface area contributed by atoms with Crippen LogP contribution in [0.5, 0.6) is 0 Å². The fraction of sp³-hybridized carbons (Fsp3) is 0.944. The van der Waals surface area contributed by atoms with Crippen LogP contribution in [0.4, 0.5) is 4.39 Å². The normalized spacial score (nSPS) is 25.3. The van der Waals surface area contributed by atoms with Gasteiger partial charge in [-0.15, -0.1) is 13.0 Å². The summed E-state index contributed by atoms with van der Waals surface area (Å²) in [5.74, 6) is 0.590. The van der Waals surface area contributed by atoms with Crippen molar-refractivity contribution in [1.29, 1.82) is 0 Å². The Morgan fingerprint density at radius 3 is 1.96 bits per heavy atom. The van der Waals surface area contributed by atoms with Crippen molar-refractivity contribution in [2.45, 2.75) is 71.5 Å². The van der Waals surface area contributed by atoms with Gasteiger partial charge in [-0.1, -0.05) is 25.7 Å². The molecule has 0 bridgehead atoms. The molecule has 161 valence electrons. The van der Waals surface area contributed by atoms with Gasteiger partial charge in [-0.05, 0) is 27.2 Å². The number of rotatable bonds is 7. The number of hydrogen-bond donors (Lipinski definition) is 1. The fourth-order valence-corrected chi connectivity index (χ4v) is 3.88. The van der Waals surface area contributed by atoms with Crippen molar-refractivity contribution in [3.8, 4) is 0 Å². The summed E-state index contributed by atoms with van der Waals surface area (Å²) < 4.78 is 28.4. The summed E-state index contributed by atoms with van der Waals surface area (Å²) in [5.41, 5.74) is 0. The van der Waals surface area contributed by atoms with E-state index in [2.05, 4.69) is 11.7 Å². The third-order valence-electron chi connectivity index (χ3n) is 4.06. The molecule has 1 saturated heterocycles. The summed E-state index contributed by atoms with van der Waals surface area (Å²) >= 11 is 0. The van der Waals surface area contributed by atoms with Crippen molar-refractivity contribution in [3.63, 3.8) is 0 Å². The van der Waals surface area contributed by atoms with E-state index < -0.39 is 14.8 Å². The van der Waals surface area contributed by atoms with E-state index in [4.69, 9.17) is 18.7 Å². The predicted molar refractivity (Wildman–Crippen MR) is 104 cm³/mol. The smallest absolute Gasteiger partial charge is 0.397 e. The molecule has 2 fully saturated rings. The van der Waals surface area contributed by atoms with Crippen LogP contribution in [0.2, 0.25) is 0 Å². The van der Waals surface area contributed by atoms with Gasteiger partial charge in [0.25, 0.3) is 0 Å². The predicted octanol–water partition coefficient (Wildman–Crippen LogP) is 4.92. The standard InChI is InChI=1S/C11H18FN.C6H16O3P.CH4O.Ir/c12-10-6-4-9(5-7-10)11-3-1-2-8-13-11;1-4-7-10(8-5-2)9-6-3;1-2;/h4,9-11H,1-3,5-8H2;10H,4-6H2,1-3H3;2H,1H3;/q-2;+1;;. The monoisotopic (exact) mass is 575 g/mol. The van der Waals surface area contributed by atoms with E-state index in [1.54, 1.807) is 0 Å². The Morgan fingerprint density at radius 2 is 1.58 bits per heavy atom. The molecule has 3 unspecified atom stereocenters. The van der Waals surface area contributed by atoms with E-state index in [-0.39, 0.29) is 20.1 Å². The van der Waals surface area contributed by atoms with Crippen LogP contribution < -0.4 is 0 Å². The van der Waals surface area contributed by atoms with E-state index in [0.717, 1.165) is 26.5 Å². The van der Waals surface area contributed by atoms with Gasteiger partial charge in [0.15, 0.2) is 0 Å². The van der Waals surface area contributed by atoms with Crippen molar-refractivity contribution in [1.82, 2.24) is 0 Å². The van der Waals surface area contributed by atoms with Crippen LogP contribution in [0.1, 0.15) is 59.3 Å². The molecular formula is C18H38FIrNO4P-. The van der Waals surface area contributed by atoms with E-state index in [1.165, 1.54) is 19.3 Å². The first-order chi connectivity index (χ1) is 12.2. The largest absolute Gasteiger partial charge is 0.661 e. The first-order valence-corrected chi connectivity index (χ1v) is 10.8. The second-order valence-electron chi connectivity index (χ2n) is 5.83. The van der Waals surface area contributed by atoms with E-state index in [1.807, 2.05) is 20.8 Å². The molecule has 1 N–H and O–H groups in total. The zero-order valence-corrected chi connectivity index (χ0v) is 20.1. The molecule has 1 heterocycles. The Labute approximate surface area is 174 Å². The van der Waals surface area contributed by atoms with Crippen LogP contribution in [0.15, 0.2) is 0 Å². The minimum absolute atomic E-state index is 0. The Hall–Kier alpha value is 0.809. The molecule has 2 aliphatic rings. The van der Waals surface area contributed by atoms with Crippen molar-refractivity contribution in [3.05, 3.63) is 11.7 Å².